The standard InChI is InChI=1S/C21H28N4O2.HI/c1-3-23-21(25-14-18-7-5-4-6-16(18)2)24-13-12-17-8-10-19(11-9-17)27-15-20(22)26;/h4-11H,3,12-15H2,1-2H3,(H2,22,26)(H2,23,24,25);1H. The molecule has 0 heterocycles. The van der Waals surface area contributed by atoms with Crippen molar-refractivity contribution in [3.05, 3.63) is 65.2 Å². The van der Waals surface area contributed by atoms with Gasteiger partial charge >= 0.3 is 0 Å². The molecule has 0 fully saturated rings. The smallest absolute Gasteiger partial charge is 0.255 e. The van der Waals surface area contributed by atoms with Crippen molar-refractivity contribution >= 4 is 35.8 Å². The third-order valence-corrected chi connectivity index (χ3v) is 4.02. The number of amides is 1. The van der Waals surface area contributed by atoms with Gasteiger partial charge in [-0.15, -0.1) is 24.0 Å². The van der Waals surface area contributed by atoms with Crippen LogP contribution in [0.2, 0.25) is 0 Å². The zero-order chi connectivity index (χ0) is 19.5. The summed E-state index contributed by atoms with van der Waals surface area (Å²) in [6, 6.07) is 15.9. The number of halogens is 1. The molecule has 2 aromatic carbocycles. The Morgan fingerprint density at radius 1 is 1.11 bits per heavy atom. The van der Waals surface area contributed by atoms with Crippen molar-refractivity contribution in [1.82, 2.24) is 10.6 Å². The fourth-order valence-electron chi connectivity index (χ4n) is 2.53. The number of hydrogen-bond donors (Lipinski definition) is 3. The molecule has 6 nitrogen and oxygen atoms in total. The Kier molecular flexibility index (Phi) is 11.0. The van der Waals surface area contributed by atoms with Crippen molar-refractivity contribution in [2.45, 2.75) is 26.8 Å². The Morgan fingerprint density at radius 2 is 1.82 bits per heavy atom. The van der Waals surface area contributed by atoms with E-state index in [9.17, 15) is 4.79 Å². The Hall–Kier alpha value is -2.29. The molecule has 4 N–H and O–H groups in total. The second-order valence-corrected chi connectivity index (χ2v) is 6.20. The van der Waals surface area contributed by atoms with Crippen LogP contribution in [0.4, 0.5) is 0 Å². The molecule has 0 spiro atoms. The summed E-state index contributed by atoms with van der Waals surface area (Å²) in [4.78, 5) is 15.4. The number of ether oxygens (including phenoxy) is 1. The van der Waals surface area contributed by atoms with Crippen LogP contribution in [0.25, 0.3) is 0 Å². The van der Waals surface area contributed by atoms with Crippen LogP contribution in [0.15, 0.2) is 53.5 Å². The minimum absolute atomic E-state index is 0. The van der Waals surface area contributed by atoms with Gasteiger partial charge in [0.05, 0.1) is 6.54 Å². The highest BCUT2D eigenvalue weighted by Gasteiger charge is 2.01. The first kappa shape index (κ1) is 23.7. The number of aryl methyl sites for hydroxylation is 1. The van der Waals surface area contributed by atoms with E-state index in [-0.39, 0.29) is 30.6 Å². The summed E-state index contributed by atoms with van der Waals surface area (Å²) >= 11 is 0. The lowest BCUT2D eigenvalue weighted by atomic mass is 10.1. The number of rotatable bonds is 9. The lowest BCUT2D eigenvalue weighted by molar-refractivity contribution is -0.119. The van der Waals surface area contributed by atoms with E-state index in [0.29, 0.717) is 12.3 Å². The van der Waals surface area contributed by atoms with Crippen LogP contribution in [-0.4, -0.2) is 31.6 Å². The van der Waals surface area contributed by atoms with E-state index in [2.05, 4.69) is 41.6 Å². The van der Waals surface area contributed by atoms with Crippen LogP contribution in [-0.2, 0) is 17.8 Å². The van der Waals surface area contributed by atoms with Crippen LogP contribution in [0.1, 0.15) is 23.6 Å². The van der Waals surface area contributed by atoms with Gasteiger partial charge in [-0.1, -0.05) is 36.4 Å². The number of aliphatic imine (C=N–C) groups is 1. The van der Waals surface area contributed by atoms with Gasteiger partial charge in [0, 0.05) is 13.1 Å². The summed E-state index contributed by atoms with van der Waals surface area (Å²) in [6.45, 7) is 6.27. The zero-order valence-electron chi connectivity index (χ0n) is 16.4. The minimum Gasteiger partial charge on any atom is -0.484 e. The maximum atomic E-state index is 10.7. The second-order valence-electron chi connectivity index (χ2n) is 6.20. The van der Waals surface area contributed by atoms with Crippen molar-refractivity contribution in [3.8, 4) is 5.75 Å². The monoisotopic (exact) mass is 496 g/mol. The summed E-state index contributed by atoms with van der Waals surface area (Å²) in [6.07, 6.45) is 0.852. The van der Waals surface area contributed by atoms with Gasteiger partial charge < -0.3 is 21.1 Å². The number of benzene rings is 2. The molecule has 28 heavy (non-hydrogen) atoms. The van der Waals surface area contributed by atoms with E-state index in [1.807, 2.05) is 36.4 Å². The lowest BCUT2D eigenvalue weighted by Crippen LogP contribution is -2.38. The number of primary amides is 1. The van der Waals surface area contributed by atoms with Gasteiger partial charge in [0.1, 0.15) is 5.75 Å². The largest absolute Gasteiger partial charge is 0.484 e. The maximum Gasteiger partial charge on any atom is 0.255 e. The molecule has 2 aromatic rings. The van der Waals surface area contributed by atoms with Crippen LogP contribution in [0, 0.1) is 6.92 Å². The number of carbonyl (C=O) groups excluding carboxylic acids is 1. The fourth-order valence-corrected chi connectivity index (χ4v) is 2.53. The van der Waals surface area contributed by atoms with E-state index in [0.717, 1.165) is 25.5 Å². The molecule has 0 atom stereocenters. The summed E-state index contributed by atoms with van der Waals surface area (Å²) in [5, 5.41) is 6.63. The van der Waals surface area contributed by atoms with Crippen LogP contribution < -0.4 is 21.1 Å². The van der Waals surface area contributed by atoms with E-state index in [1.54, 1.807) is 0 Å². The first-order valence-corrected chi connectivity index (χ1v) is 9.15. The van der Waals surface area contributed by atoms with Gasteiger partial charge in [-0.2, -0.15) is 0 Å². The average molecular weight is 496 g/mol. The van der Waals surface area contributed by atoms with Crippen LogP contribution in [0.3, 0.4) is 0 Å². The minimum atomic E-state index is -0.482. The number of nitrogens with one attached hydrogen (secondary N) is 2. The summed E-state index contributed by atoms with van der Waals surface area (Å²) in [5.41, 5.74) is 8.71. The van der Waals surface area contributed by atoms with Crippen LogP contribution in [0.5, 0.6) is 5.75 Å². The molecule has 152 valence electrons. The molecule has 0 radical (unpaired) electrons. The van der Waals surface area contributed by atoms with Crippen LogP contribution >= 0.6 is 24.0 Å². The fraction of sp³-hybridized carbons (Fsp3) is 0.333. The normalized spacial score (nSPS) is 10.7. The molecular weight excluding hydrogens is 467 g/mol. The van der Waals surface area contributed by atoms with Crippen molar-refractivity contribution in [2.24, 2.45) is 10.7 Å². The first-order chi connectivity index (χ1) is 13.1. The van der Waals surface area contributed by atoms with E-state index in [1.165, 1.54) is 16.7 Å². The Morgan fingerprint density at radius 3 is 2.46 bits per heavy atom. The first-order valence-electron chi connectivity index (χ1n) is 9.15. The Balaban J connectivity index is 0.00000392. The second kappa shape index (κ2) is 13.0. The molecule has 0 aliphatic rings. The number of guanidine groups is 1. The third-order valence-electron chi connectivity index (χ3n) is 4.02. The molecule has 2 rings (SSSR count). The van der Waals surface area contributed by atoms with Gasteiger partial charge in [0.25, 0.3) is 5.91 Å². The molecule has 0 saturated heterocycles. The highest BCUT2D eigenvalue weighted by molar-refractivity contribution is 14.0. The third kappa shape index (κ3) is 8.60. The Bertz CT molecular complexity index is 763. The summed E-state index contributed by atoms with van der Waals surface area (Å²) in [7, 11) is 0. The molecule has 0 saturated carbocycles. The predicted octanol–water partition coefficient (Wildman–Crippen LogP) is 2.77. The van der Waals surface area contributed by atoms with E-state index < -0.39 is 5.91 Å². The van der Waals surface area contributed by atoms with Gasteiger partial charge in [0.2, 0.25) is 0 Å². The number of hydrogen-bond acceptors (Lipinski definition) is 3. The number of carbonyl (C=O) groups is 1. The van der Waals surface area contributed by atoms with Crippen molar-refractivity contribution in [3.63, 3.8) is 0 Å². The van der Waals surface area contributed by atoms with Crippen molar-refractivity contribution in [2.75, 3.05) is 19.7 Å². The molecule has 1 amide bonds. The van der Waals surface area contributed by atoms with Crippen molar-refractivity contribution < 1.29 is 9.53 Å². The molecule has 0 aliphatic heterocycles. The number of nitrogens with two attached hydrogens (primary N) is 1. The summed E-state index contributed by atoms with van der Waals surface area (Å²) in [5.74, 6) is 0.963. The Labute approximate surface area is 184 Å². The van der Waals surface area contributed by atoms with E-state index in [4.69, 9.17) is 10.5 Å². The topological polar surface area (TPSA) is 88.7 Å². The highest BCUT2D eigenvalue weighted by atomic mass is 127. The predicted molar refractivity (Wildman–Crippen MR) is 124 cm³/mol. The molecule has 0 aromatic heterocycles. The van der Waals surface area contributed by atoms with Gasteiger partial charge in [-0.3, -0.25) is 4.79 Å². The quantitative estimate of drug-likeness (QED) is 0.283. The number of nitrogens with zero attached hydrogens (tertiary/aromatic N) is 1. The maximum absolute atomic E-state index is 10.7. The molecule has 7 heteroatoms. The molecule has 0 aliphatic carbocycles. The van der Waals surface area contributed by atoms with Crippen molar-refractivity contribution in [1.29, 1.82) is 0 Å². The van der Waals surface area contributed by atoms with Gasteiger partial charge in [-0.25, -0.2) is 4.99 Å². The molecular formula is C21H29IN4O2. The zero-order valence-corrected chi connectivity index (χ0v) is 18.7. The summed E-state index contributed by atoms with van der Waals surface area (Å²) < 4.78 is 5.26. The SMILES string of the molecule is CCNC(=NCc1ccccc1C)NCCc1ccc(OCC(N)=O)cc1.I. The molecule has 0 unspecified atom stereocenters. The van der Waals surface area contributed by atoms with E-state index >= 15 is 0 Å². The highest BCUT2D eigenvalue weighted by Crippen LogP contribution is 2.12. The average Bonchev–Trinajstić information content (AvgIpc) is 2.66. The molecule has 0 bridgehead atoms. The lowest BCUT2D eigenvalue weighted by Gasteiger charge is -2.12. The van der Waals surface area contributed by atoms with Gasteiger partial charge in [-0.05, 0) is 49.1 Å². The van der Waals surface area contributed by atoms with Gasteiger partial charge in [0.15, 0.2) is 12.6 Å².